The lowest BCUT2D eigenvalue weighted by atomic mass is 10.0. The topological polar surface area (TPSA) is 51.2 Å². The molecule has 1 aliphatic heterocycles. The van der Waals surface area contributed by atoms with Gasteiger partial charge in [0.05, 0.1) is 38.5 Å². The van der Waals surface area contributed by atoms with Crippen molar-refractivity contribution in [3.8, 4) is 0 Å². The van der Waals surface area contributed by atoms with E-state index in [1.54, 1.807) is 0 Å². The van der Waals surface area contributed by atoms with Crippen LogP contribution in [0.5, 0.6) is 0 Å². The van der Waals surface area contributed by atoms with Crippen molar-refractivity contribution in [2.24, 2.45) is 0 Å². The Hall–Kier alpha value is -3.32. The maximum Gasteiger partial charge on any atom is 0.108 e. The van der Waals surface area contributed by atoms with Gasteiger partial charge in [-0.3, -0.25) is 0 Å². The predicted molar refractivity (Wildman–Crippen MR) is 143 cm³/mol. The van der Waals surface area contributed by atoms with E-state index < -0.39 is 24.3 Å². The van der Waals surface area contributed by atoms with Gasteiger partial charge in [0.15, 0.2) is 0 Å². The van der Waals surface area contributed by atoms with Crippen molar-refractivity contribution in [3.63, 3.8) is 0 Å². The summed E-state index contributed by atoms with van der Waals surface area (Å²) < 4.78 is 19.2. The Kier molecular flexibility index (Phi) is 8.74. The average molecular weight is 496 g/mol. The van der Waals surface area contributed by atoms with Gasteiger partial charge < -0.3 is 19.4 Å². The van der Waals surface area contributed by atoms with E-state index in [2.05, 4.69) is 0 Å². The van der Waals surface area contributed by atoms with Gasteiger partial charge in [0, 0.05) is 0 Å². The summed E-state index contributed by atoms with van der Waals surface area (Å²) in [6.07, 6.45) is -0.809. The van der Waals surface area contributed by atoms with Crippen LogP contribution in [0.15, 0.2) is 121 Å². The monoisotopic (exact) mass is 495 g/mol. The zero-order valence-corrected chi connectivity index (χ0v) is 20.8. The second-order valence-electron chi connectivity index (χ2n) is 9.33. The summed E-state index contributed by atoms with van der Waals surface area (Å²) in [5.41, 5.74) is 4.20. The molecule has 5 rings (SSSR count). The molecule has 37 heavy (non-hydrogen) atoms. The van der Waals surface area contributed by atoms with Gasteiger partial charge in [0.1, 0.15) is 12.2 Å². The van der Waals surface area contributed by atoms with Crippen LogP contribution in [0, 0.1) is 0 Å². The largest absolute Gasteiger partial charge is 0.375 e. The van der Waals surface area contributed by atoms with Gasteiger partial charge in [-0.1, -0.05) is 121 Å². The van der Waals surface area contributed by atoms with E-state index in [-0.39, 0.29) is 0 Å². The first-order valence-electron chi connectivity index (χ1n) is 12.7. The number of hydrogen-bond acceptors (Lipinski definition) is 5. The third-order valence-corrected chi connectivity index (χ3v) is 6.75. The Morgan fingerprint density at radius 2 is 0.973 bits per heavy atom. The van der Waals surface area contributed by atoms with Gasteiger partial charge >= 0.3 is 0 Å². The maximum absolute atomic E-state index is 11.5. The fourth-order valence-corrected chi connectivity index (χ4v) is 4.87. The van der Waals surface area contributed by atoms with E-state index in [1.165, 1.54) is 5.06 Å². The van der Waals surface area contributed by atoms with Gasteiger partial charge in [-0.25, -0.2) is 0 Å². The number of hydrogen-bond donors (Lipinski definition) is 1. The molecule has 1 fully saturated rings. The molecule has 5 nitrogen and oxygen atoms in total. The van der Waals surface area contributed by atoms with E-state index >= 15 is 0 Å². The Bertz CT molecular complexity index is 1190. The molecular weight excluding hydrogens is 462 g/mol. The third-order valence-electron chi connectivity index (χ3n) is 6.75. The lowest BCUT2D eigenvalue weighted by Gasteiger charge is -2.26. The number of benzene rings is 4. The lowest BCUT2D eigenvalue weighted by molar-refractivity contribution is -0.167. The first kappa shape index (κ1) is 25.3. The van der Waals surface area contributed by atoms with Crippen molar-refractivity contribution in [2.45, 2.75) is 44.1 Å². The van der Waals surface area contributed by atoms with Crippen molar-refractivity contribution >= 4 is 0 Å². The van der Waals surface area contributed by atoms with Crippen LogP contribution in [-0.2, 0) is 34.0 Å². The van der Waals surface area contributed by atoms with Gasteiger partial charge in [0.25, 0.3) is 0 Å². The van der Waals surface area contributed by atoms with Gasteiger partial charge in [-0.05, 0) is 22.3 Å². The van der Waals surface area contributed by atoms with Gasteiger partial charge in [0.2, 0.25) is 0 Å². The van der Waals surface area contributed by atoms with E-state index in [9.17, 15) is 5.21 Å². The summed E-state index contributed by atoms with van der Waals surface area (Å²) >= 11 is 0. The second kappa shape index (κ2) is 12.8. The van der Waals surface area contributed by atoms with E-state index in [0.29, 0.717) is 26.4 Å². The van der Waals surface area contributed by atoms with Crippen LogP contribution in [0.25, 0.3) is 0 Å². The van der Waals surface area contributed by atoms with Crippen LogP contribution in [0.3, 0.4) is 0 Å². The quantitative estimate of drug-likeness (QED) is 0.269. The van der Waals surface area contributed by atoms with Crippen molar-refractivity contribution in [1.82, 2.24) is 5.06 Å². The van der Waals surface area contributed by atoms with Crippen molar-refractivity contribution < 1.29 is 19.4 Å². The summed E-state index contributed by atoms with van der Waals surface area (Å²) in [5.74, 6) is 0. The highest BCUT2D eigenvalue weighted by atomic mass is 16.6. The average Bonchev–Trinajstić information content (AvgIpc) is 3.23. The fourth-order valence-electron chi connectivity index (χ4n) is 4.87. The molecular formula is C32H33NO4. The molecule has 1 saturated heterocycles. The van der Waals surface area contributed by atoms with E-state index in [1.807, 2.05) is 121 Å². The van der Waals surface area contributed by atoms with Crippen molar-refractivity contribution in [1.29, 1.82) is 0 Å². The van der Waals surface area contributed by atoms with E-state index in [0.717, 1.165) is 22.3 Å². The molecule has 190 valence electrons. The minimum atomic E-state index is -0.408. The molecule has 0 aliphatic carbocycles. The number of hydroxylamine groups is 2. The molecule has 0 unspecified atom stereocenters. The molecule has 1 N–H and O–H groups in total. The second-order valence-corrected chi connectivity index (χ2v) is 9.33. The van der Waals surface area contributed by atoms with Crippen LogP contribution in [0.1, 0.15) is 28.3 Å². The molecule has 5 heteroatoms. The highest BCUT2D eigenvalue weighted by molar-refractivity contribution is 5.24. The fraction of sp³-hybridized carbons (Fsp3) is 0.250. The Balaban J connectivity index is 1.40. The summed E-state index contributed by atoms with van der Waals surface area (Å²) in [4.78, 5) is 0. The van der Waals surface area contributed by atoms with Gasteiger partial charge in [-0.2, -0.15) is 5.06 Å². The Labute approximate surface area is 218 Å². The first-order chi connectivity index (χ1) is 18.3. The van der Waals surface area contributed by atoms with E-state index in [4.69, 9.17) is 14.2 Å². The van der Waals surface area contributed by atoms with Crippen molar-refractivity contribution in [3.05, 3.63) is 144 Å². The van der Waals surface area contributed by atoms with Gasteiger partial charge in [-0.15, -0.1) is 0 Å². The summed E-state index contributed by atoms with van der Waals surface area (Å²) in [6.45, 7) is 1.61. The number of nitrogens with zero attached hydrogens (tertiary/aromatic N) is 1. The molecule has 0 aromatic heterocycles. The molecule has 0 bridgehead atoms. The predicted octanol–water partition coefficient (Wildman–Crippen LogP) is 6.19. The maximum atomic E-state index is 11.5. The third kappa shape index (κ3) is 6.52. The summed E-state index contributed by atoms with van der Waals surface area (Å²) in [6, 6.07) is 39.4. The molecule has 1 aliphatic rings. The molecule has 0 radical (unpaired) electrons. The van der Waals surface area contributed by atoms with Crippen LogP contribution < -0.4 is 0 Å². The smallest absolute Gasteiger partial charge is 0.108 e. The van der Waals surface area contributed by atoms with Crippen LogP contribution >= 0.6 is 0 Å². The minimum Gasteiger partial charge on any atom is -0.375 e. The molecule has 4 aromatic rings. The molecule has 4 atom stereocenters. The van der Waals surface area contributed by atoms with Crippen LogP contribution in [0.4, 0.5) is 0 Å². The highest BCUT2D eigenvalue weighted by Gasteiger charge is 2.51. The molecule has 4 aromatic carbocycles. The normalized spacial score (nSPS) is 21.8. The standard InChI is InChI=1S/C32H33NO4/c34-33-29(24-35-21-25-13-5-1-6-14-25)31(36-22-26-15-7-2-8-16-26)32(30(33)28-19-11-4-12-20-28)37-23-27-17-9-3-10-18-27/h1-20,29-32,34H,21-24H2/t29-,30+,31+,32+/m0/s1. The first-order valence-corrected chi connectivity index (χ1v) is 12.7. The lowest BCUT2D eigenvalue weighted by Crippen LogP contribution is -2.40. The molecule has 1 heterocycles. The zero-order valence-electron chi connectivity index (χ0n) is 20.8. The number of ether oxygens (including phenoxy) is 3. The van der Waals surface area contributed by atoms with Crippen molar-refractivity contribution in [2.75, 3.05) is 6.61 Å². The molecule has 0 amide bonds. The van der Waals surface area contributed by atoms with Crippen LogP contribution in [-0.4, -0.2) is 35.1 Å². The number of rotatable bonds is 11. The SMILES string of the molecule is ON1[C@H](c2ccccc2)[C@@H](OCc2ccccc2)[C@H](OCc2ccccc2)[C@@H]1COCc1ccccc1. The minimum absolute atomic E-state index is 0.305. The molecule has 0 saturated carbocycles. The van der Waals surface area contributed by atoms with Crippen LogP contribution in [0.2, 0.25) is 0 Å². The zero-order chi connectivity index (χ0) is 25.3. The molecule has 0 spiro atoms. The highest BCUT2D eigenvalue weighted by Crippen LogP contribution is 2.39. The Morgan fingerprint density at radius 1 is 0.541 bits per heavy atom. The summed E-state index contributed by atoms with van der Waals surface area (Å²) in [5, 5.41) is 12.9. The Morgan fingerprint density at radius 3 is 1.49 bits per heavy atom. The summed E-state index contributed by atoms with van der Waals surface area (Å²) in [7, 11) is 0.